The molecule has 2 N–H and O–H groups in total. The Bertz CT molecular complexity index is 1230. The van der Waals surface area contributed by atoms with Crippen molar-refractivity contribution in [3.8, 4) is 5.75 Å². The molecule has 0 spiro atoms. The predicted octanol–water partition coefficient (Wildman–Crippen LogP) is 2.36. The lowest BCUT2D eigenvalue weighted by Gasteiger charge is -2.22. The first-order valence-corrected chi connectivity index (χ1v) is 9.54. The molecular formula is C19H14F4N6O3. The second-order valence-corrected chi connectivity index (χ2v) is 7.51. The van der Waals surface area contributed by atoms with Crippen LogP contribution in [0.3, 0.4) is 0 Å². The number of amides is 3. The fourth-order valence-electron chi connectivity index (χ4n) is 3.87. The molecule has 9 nitrogen and oxygen atoms in total. The summed E-state index contributed by atoms with van der Waals surface area (Å²) in [5.74, 6) is -2.79. The summed E-state index contributed by atoms with van der Waals surface area (Å²) in [6.45, 7) is 0.00917. The van der Waals surface area contributed by atoms with E-state index >= 15 is 0 Å². The second kappa shape index (κ2) is 7.14. The maximum Gasteiger partial charge on any atom is 0.573 e. The number of rotatable bonds is 4. The number of hydrogen-bond donors (Lipinski definition) is 2. The first-order valence-electron chi connectivity index (χ1n) is 9.54. The Hall–Kier alpha value is -3.77. The molecule has 1 saturated carbocycles. The van der Waals surface area contributed by atoms with Gasteiger partial charge < -0.3 is 10.1 Å². The Kier molecular flexibility index (Phi) is 4.50. The van der Waals surface area contributed by atoms with Gasteiger partial charge in [-0.05, 0) is 30.5 Å². The number of ether oxygens (including phenoxy) is 1. The summed E-state index contributed by atoms with van der Waals surface area (Å²) in [5, 5.41) is 8.84. The molecule has 0 bridgehead atoms. The van der Waals surface area contributed by atoms with Crippen LogP contribution in [0.15, 0.2) is 30.6 Å². The van der Waals surface area contributed by atoms with Crippen LogP contribution in [0.5, 0.6) is 5.75 Å². The standard InChI is InChI=1S/C19H14F4N6O3/c20-15-7-25-16-11(4-14(28-29(15)16)12-6-26-18(31)27-17(12)30)9-3-10(9)13-2-1-8(5-24-13)32-19(21,22)23/h1-2,4-5,7,9-10,12H,3,6H2,(H2,26,27,30,31)/t9-,10-,12?/m0/s1. The van der Waals surface area contributed by atoms with Crippen LogP contribution in [0.2, 0.25) is 0 Å². The molecule has 32 heavy (non-hydrogen) atoms. The number of fused-ring (bicyclic) bond motifs is 1. The molecule has 4 heterocycles. The van der Waals surface area contributed by atoms with Crippen LogP contribution < -0.4 is 15.4 Å². The lowest BCUT2D eigenvalue weighted by Crippen LogP contribution is -2.51. The summed E-state index contributed by atoms with van der Waals surface area (Å²) >= 11 is 0. The Morgan fingerprint density at radius 1 is 1.09 bits per heavy atom. The highest BCUT2D eigenvalue weighted by molar-refractivity contribution is 6.00. The molecule has 166 valence electrons. The van der Waals surface area contributed by atoms with Gasteiger partial charge in [-0.2, -0.15) is 14.0 Å². The number of urea groups is 1. The molecule has 0 aromatic carbocycles. The Labute approximate surface area is 176 Å². The molecule has 5 rings (SSSR count). The fourth-order valence-corrected chi connectivity index (χ4v) is 3.87. The number of pyridine rings is 1. The Morgan fingerprint density at radius 2 is 1.91 bits per heavy atom. The third-order valence-corrected chi connectivity index (χ3v) is 5.41. The van der Waals surface area contributed by atoms with Crippen molar-refractivity contribution in [3.05, 3.63) is 53.5 Å². The van der Waals surface area contributed by atoms with Gasteiger partial charge in [-0.15, -0.1) is 13.2 Å². The maximum absolute atomic E-state index is 14.3. The van der Waals surface area contributed by atoms with Crippen LogP contribution in [-0.4, -0.2) is 44.4 Å². The zero-order chi connectivity index (χ0) is 22.6. The number of imide groups is 1. The zero-order valence-electron chi connectivity index (χ0n) is 16.1. The number of carbonyl (C=O) groups is 2. The number of carbonyl (C=O) groups excluding carboxylic acids is 2. The van der Waals surface area contributed by atoms with Crippen molar-refractivity contribution in [2.24, 2.45) is 0 Å². The largest absolute Gasteiger partial charge is 0.573 e. The summed E-state index contributed by atoms with van der Waals surface area (Å²) in [5.41, 5.74) is 1.72. The van der Waals surface area contributed by atoms with Crippen molar-refractivity contribution in [1.82, 2.24) is 30.2 Å². The highest BCUT2D eigenvalue weighted by Crippen LogP contribution is 2.55. The highest BCUT2D eigenvalue weighted by Gasteiger charge is 2.43. The van der Waals surface area contributed by atoms with Gasteiger partial charge in [-0.1, -0.05) is 0 Å². The van der Waals surface area contributed by atoms with Gasteiger partial charge in [0.2, 0.25) is 11.9 Å². The Morgan fingerprint density at radius 3 is 2.59 bits per heavy atom. The minimum Gasteiger partial charge on any atom is -0.404 e. The van der Waals surface area contributed by atoms with Crippen molar-refractivity contribution in [1.29, 1.82) is 0 Å². The molecule has 2 aliphatic rings. The van der Waals surface area contributed by atoms with Crippen molar-refractivity contribution in [2.75, 3.05) is 6.54 Å². The van der Waals surface area contributed by atoms with Crippen LogP contribution in [0, 0.1) is 5.95 Å². The van der Waals surface area contributed by atoms with E-state index < -0.39 is 35.9 Å². The van der Waals surface area contributed by atoms with Crippen molar-refractivity contribution in [2.45, 2.75) is 30.5 Å². The highest BCUT2D eigenvalue weighted by atomic mass is 19.4. The summed E-state index contributed by atoms with van der Waals surface area (Å²) in [7, 11) is 0. The minimum atomic E-state index is -4.81. The molecular weight excluding hydrogens is 436 g/mol. The van der Waals surface area contributed by atoms with Gasteiger partial charge in [0.05, 0.1) is 24.0 Å². The lowest BCUT2D eigenvalue weighted by molar-refractivity contribution is -0.274. The molecule has 1 aliphatic heterocycles. The van der Waals surface area contributed by atoms with Crippen LogP contribution in [0.25, 0.3) is 5.65 Å². The fraction of sp³-hybridized carbons (Fsp3) is 0.316. The number of alkyl halides is 3. The van der Waals surface area contributed by atoms with Gasteiger partial charge in [-0.25, -0.2) is 9.78 Å². The number of halogens is 4. The van der Waals surface area contributed by atoms with Crippen molar-refractivity contribution >= 4 is 17.6 Å². The Balaban J connectivity index is 1.45. The van der Waals surface area contributed by atoms with Gasteiger partial charge in [0.1, 0.15) is 5.75 Å². The summed E-state index contributed by atoms with van der Waals surface area (Å²) < 4.78 is 56.1. The zero-order valence-corrected chi connectivity index (χ0v) is 16.1. The summed E-state index contributed by atoms with van der Waals surface area (Å²) in [6.07, 6.45) is -2.19. The van der Waals surface area contributed by atoms with Crippen molar-refractivity contribution in [3.63, 3.8) is 0 Å². The molecule has 3 atom stereocenters. The maximum atomic E-state index is 14.3. The van der Waals surface area contributed by atoms with E-state index in [4.69, 9.17) is 0 Å². The van der Waals surface area contributed by atoms with E-state index in [1.807, 2.05) is 0 Å². The van der Waals surface area contributed by atoms with E-state index in [2.05, 4.69) is 30.4 Å². The smallest absolute Gasteiger partial charge is 0.404 e. The molecule has 3 aromatic rings. The van der Waals surface area contributed by atoms with E-state index in [-0.39, 0.29) is 29.7 Å². The van der Waals surface area contributed by atoms with Crippen molar-refractivity contribution < 1.29 is 31.9 Å². The molecule has 13 heteroatoms. The van der Waals surface area contributed by atoms with E-state index in [9.17, 15) is 27.2 Å². The van der Waals surface area contributed by atoms with Crippen LogP contribution in [0.1, 0.15) is 41.1 Å². The SMILES string of the molecule is O=C1NCC(c2cc([C@H]3C[C@@H]3c3ccc(OC(F)(F)F)cn3)c3ncc(F)n3n2)C(=O)N1. The number of hydrogen-bond acceptors (Lipinski definition) is 6. The van der Waals surface area contributed by atoms with E-state index in [0.29, 0.717) is 17.7 Å². The normalized spacial score (nSPS) is 23.1. The number of nitrogens with one attached hydrogen (secondary N) is 2. The van der Waals surface area contributed by atoms with E-state index in [0.717, 1.165) is 16.9 Å². The third kappa shape index (κ3) is 3.69. The first-order chi connectivity index (χ1) is 15.2. The van der Waals surface area contributed by atoms with Gasteiger partial charge in [-0.3, -0.25) is 15.1 Å². The van der Waals surface area contributed by atoms with Gasteiger partial charge >= 0.3 is 12.4 Å². The van der Waals surface area contributed by atoms with Gasteiger partial charge in [0.25, 0.3) is 0 Å². The van der Waals surface area contributed by atoms with Crippen LogP contribution >= 0.6 is 0 Å². The topological polar surface area (TPSA) is 111 Å². The average Bonchev–Trinajstić information content (AvgIpc) is 3.43. The average molecular weight is 450 g/mol. The molecule has 1 aliphatic carbocycles. The van der Waals surface area contributed by atoms with Gasteiger partial charge in [0.15, 0.2) is 5.65 Å². The van der Waals surface area contributed by atoms with E-state index in [1.165, 1.54) is 12.1 Å². The van der Waals surface area contributed by atoms with E-state index in [1.54, 1.807) is 6.07 Å². The minimum absolute atomic E-state index is 0.00917. The monoisotopic (exact) mass is 450 g/mol. The number of nitrogens with zero attached hydrogens (tertiary/aromatic N) is 4. The second-order valence-electron chi connectivity index (χ2n) is 7.51. The third-order valence-electron chi connectivity index (χ3n) is 5.41. The van der Waals surface area contributed by atoms with Crippen LogP contribution in [0.4, 0.5) is 22.4 Å². The molecule has 1 saturated heterocycles. The summed E-state index contributed by atoms with van der Waals surface area (Å²) in [6, 6.07) is 3.66. The first kappa shape index (κ1) is 20.2. The van der Waals surface area contributed by atoms with Gasteiger partial charge in [0, 0.05) is 23.7 Å². The quantitative estimate of drug-likeness (QED) is 0.591. The summed E-state index contributed by atoms with van der Waals surface area (Å²) in [4.78, 5) is 31.7. The molecule has 2 fully saturated rings. The number of imidazole rings is 1. The number of aromatic nitrogens is 4. The lowest BCUT2D eigenvalue weighted by atomic mass is 9.99. The molecule has 3 amide bonds. The van der Waals surface area contributed by atoms with Crippen LogP contribution in [-0.2, 0) is 4.79 Å². The molecule has 1 unspecified atom stereocenters. The molecule has 3 aromatic heterocycles. The molecule has 0 radical (unpaired) electrons. The predicted molar refractivity (Wildman–Crippen MR) is 98.2 cm³/mol.